The highest BCUT2D eigenvalue weighted by molar-refractivity contribution is 9.10. The number of carbonyl (C=O) groups excluding carboxylic acids is 1. The normalized spacial score (nSPS) is 15.5. The molecule has 1 aliphatic heterocycles. The molecule has 0 saturated heterocycles. The molecule has 1 aromatic heterocycles. The topological polar surface area (TPSA) is 60.5 Å². The Bertz CT molecular complexity index is 764. The van der Waals surface area contributed by atoms with Crippen LogP contribution in [-0.4, -0.2) is 23.6 Å². The molecule has 0 spiro atoms. The molecule has 6 heteroatoms. The highest BCUT2D eigenvalue weighted by Gasteiger charge is 2.22. The van der Waals surface area contributed by atoms with Crippen LogP contribution in [-0.2, 0) is 13.0 Å². The summed E-state index contributed by atoms with van der Waals surface area (Å²) in [5, 5.41) is 2.91. The van der Waals surface area contributed by atoms with E-state index in [1.54, 1.807) is 12.3 Å². The van der Waals surface area contributed by atoms with Crippen LogP contribution >= 0.6 is 15.9 Å². The number of ether oxygens (including phenoxy) is 2. The summed E-state index contributed by atoms with van der Waals surface area (Å²) in [7, 11) is 0. The van der Waals surface area contributed by atoms with Gasteiger partial charge in [0.2, 0.25) is 0 Å². The summed E-state index contributed by atoms with van der Waals surface area (Å²) in [5.74, 6) is 1.49. The van der Waals surface area contributed by atoms with Crippen molar-refractivity contribution in [3.63, 3.8) is 0 Å². The van der Waals surface area contributed by atoms with Crippen molar-refractivity contribution in [3.8, 4) is 11.5 Å². The summed E-state index contributed by atoms with van der Waals surface area (Å²) in [6.45, 7) is 4.93. The van der Waals surface area contributed by atoms with Crippen molar-refractivity contribution in [2.75, 3.05) is 6.61 Å². The number of pyridine rings is 1. The van der Waals surface area contributed by atoms with E-state index < -0.39 is 0 Å². The third kappa shape index (κ3) is 3.70. The first-order valence-electron chi connectivity index (χ1n) is 7.90. The number of halogens is 1. The average Bonchev–Trinajstić information content (AvgIpc) is 2.91. The van der Waals surface area contributed by atoms with E-state index in [9.17, 15) is 4.79 Å². The largest absolute Gasteiger partial charge is 0.494 e. The van der Waals surface area contributed by atoms with Crippen molar-refractivity contribution in [2.45, 2.75) is 32.9 Å². The fraction of sp³-hybridized carbons (Fsp3) is 0.333. The summed E-state index contributed by atoms with van der Waals surface area (Å²) >= 11 is 3.32. The predicted molar refractivity (Wildman–Crippen MR) is 94.5 cm³/mol. The van der Waals surface area contributed by atoms with Crippen LogP contribution in [0.5, 0.6) is 11.5 Å². The van der Waals surface area contributed by atoms with Crippen LogP contribution in [0.25, 0.3) is 0 Å². The van der Waals surface area contributed by atoms with Gasteiger partial charge in [-0.25, -0.2) is 0 Å². The number of hydrogen-bond donors (Lipinski definition) is 1. The van der Waals surface area contributed by atoms with E-state index in [4.69, 9.17) is 9.47 Å². The number of carbonyl (C=O) groups is 1. The lowest BCUT2D eigenvalue weighted by Gasteiger charge is -2.13. The van der Waals surface area contributed by atoms with Crippen molar-refractivity contribution < 1.29 is 14.3 Å². The second-order valence-electron chi connectivity index (χ2n) is 5.71. The Morgan fingerprint density at radius 1 is 1.42 bits per heavy atom. The molecule has 1 aromatic carbocycles. The van der Waals surface area contributed by atoms with Gasteiger partial charge in [0.25, 0.3) is 5.91 Å². The lowest BCUT2D eigenvalue weighted by molar-refractivity contribution is 0.0950. The van der Waals surface area contributed by atoms with Crippen LogP contribution in [0.2, 0.25) is 0 Å². The van der Waals surface area contributed by atoms with Gasteiger partial charge in [-0.2, -0.15) is 0 Å². The third-order valence-electron chi connectivity index (χ3n) is 3.79. The molecule has 0 radical (unpaired) electrons. The zero-order valence-electron chi connectivity index (χ0n) is 13.6. The highest BCUT2D eigenvalue weighted by Crippen LogP contribution is 2.35. The van der Waals surface area contributed by atoms with Gasteiger partial charge in [-0.15, -0.1) is 0 Å². The molecule has 2 aromatic rings. The van der Waals surface area contributed by atoms with Crippen LogP contribution in [0.4, 0.5) is 0 Å². The summed E-state index contributed by atoms with van der Waals surface area (Å²) in [6.07, 6.45) is 4.23. The number of nitrogens with one attached hydrogen (secondary N) is 1. The van der Waals surface area contributed by atoms with Gasteiger partial charge >= 0.3 is 0 Å². The molecule has 1 aliphatic rings. The van der Waals surface area contributed by atoms with Crippen LogP contribution in [0.3, 0.4) is 0 Å². The summed E-state index contributed by atoms with van der Waals surface area (Å²) in [5.41, 5.74) is 2.56. The number of rotatable bonds is 5. The average molecular weight is 391 g/mol. The first-order valence-corrected chi connectivity index (χ1v) is 8.70. The first-order chi connectivity index (χ1) is 11.6. The smallest absolute Gasteiger partial charge is 0.253 e. The second-order valence-corrected chi connectivity index (χ2v) is 6.62. The maximum Gasteiger partial charge on any atom is 0.253 e. The van der Waals surface area contributed by atoms with Gasteiger partial charge in [0.05, 0.1) is 12.2 Å². The third-order valence-corrected chi connectivity index (χ3v) is 4.22. The Labute approximate surface area is 149 Å². The number of hydrogen-bond acceptors (Lipinski definition) is 4. The number of aromatic nitrogens is 1. The van der Waals surface area contributed by atoms with Crippen molar-refractivity contribution in [3.05, 3.63) is 51.8 Å². The molecule has 1 amide bonds. The Hall–Kier alpha value is -2.08. The Kier molecular flexibility index (Phi) is 5.04. The number of nitrogens with zero attached hydrogens (tertiary/aromatic N) is 1. The van der Waals surface area contributed by atoms with E-state index >= 15 is 0 Å². The molecule has 0 bridgehead atoms. The fourth-order valence-electron chi connectivity index (χ4n) is 2.72. The zero-order valence-corrected chi connectivity index (χ0v) is 15.2. The quantitative estimate of drug-likeness (QED) is 0.848. The van der Waals surface area contributed by atoms with Crippen molar-refractivity contribution in [2.24, 2.45) is 0 Å². The van der Waals surface area contributed by atoms with Gasteiger partial charge in [0.1, 0.15) is 17.6 Å². The molecule has 3 rings (SSSR count). The number of benzene rings is 1. The molecule has 5 nitrogen and oxygen atoms in total. The zero-order chi connectivity index (χ0) is 17.1. The van der Waals surface area contributed by atoms with Gasteiger partial charge in [-0.1, -0.05) is 0 Å². The number of amides is 1. The van der Waals surface area contributed by atoms with Gasteiger partial charge in [0.15, 0.2) is 0 Å². The van der Waals surface area contributed by atoms with E-state index in [2.05, 4.69) is 26.2 Å². The minimum Gasteiger partial charge on any atom is -0.494 e. The SMILES string of the molecule is CCOc1cc2c(cc1CNC(=O)c1cncc(Br)c1)O[C@@H](C)C2. The van der Waals surface area contributed by atoms with Crippen molar-refractivity contribution in [1.29, 1.82) is 0 Å². The van der Waals surface area contributed by atoms with E-state index in [-0.39, 0.29) is 12.0 Å². The van der Waals surface area contributed by atoms with Crippen LogP contribution in [0, 0.1) is 0 Å². The molecule has 1 N–H and O–H groups in total. The minimum atomic E-state index is -0.180. The van der Waals surface area contributed by atoms with Gasteiger partial charge in [-0.05, 0) is 48.0 Å². The molecule has 126 valence electrons. The summed E-state index contributed by atoms with van der Waals surface area (Å²) in [6, 6.07) is 5.72. The summed E-state index contributed by atoms with van der Waals surface area (Å²) in [4.78, 5) is 16.3. The fourth-order valence-corrected chi connectivity index (χ4v) is 3.09. The Morgan fingerprint density at radius 2 is 2.25 bits per heavy atom. The predicted octanol–water partition coefficient (Wildman–Crippen LogP) is 3.50. The molecule has 24 heavy (non-hydrogen) atoms. The van der Waals surface area contributed by atoms with E-state index in [0.29, 0.717) is 18.7 Å². The van der Waals surface area contributed by atoms with Crippen LogP contribution < -0.4 is 14.8 Å². The number of fused-ring (bicyclic) bond motifs is 1. The molecule has 0 unspecified atom stereocenters. The van der Waals surface area contributed by atoms with E-state index in [1.807, 2.05) is 26.0 Å². The minimum absolute atomic E-state index is 0.173. The molecule has 1 atom stereocenters. The van der Waals surface area contributed by atoms with Crippen molar-refractivity contribution >= 4 is 21.8 Å². The lowest BCUT2D eigenvalue weighted by atomic mass is 10.1. The lowest BCUT2D eigenvalue weighted by Crippen LogP contribution is -2.23. The Balaban J connectivity index is 1.77. The van der Waals surface area contributed by atoms with Crippen molar-refractivity contribution in [1.82, 2.24) is 10.3 Å². The molecular weight excluding hydrogens is 372 g/mol. The second kappa shape index (κ2) is 7.21. The molecule has 2 heterocycles. The van der Waals surface area contributed by atoms with E-state index in [1.165, 1.54) is 6.20 Å². The van der Waals surface area contributed by atoms with Gasteiger partial charge in [0, 0.05) is 41.0 Å². The monoisotopic (exact) mass is 390 g/mol. The molecular formula is C18H19BrN2O3. The molecule has 0 aliphatic carbocycles. The maximum absolute atomic E-state index is 12.3. The Morgan fingerprint density at radius 3 is 3.00 bits per heavy atom. The van der Waals surface area contributed by atoms with Gasteiger partial charge in [-0.3, -0.25) is 9.78 Å². The van der Waals surface area contributed by atoms with Crippen LogP contribution in [0.15, 0.2) is 35.1 Å². The highest BCUT2D eigenvalue weighted by atomic mass is 79.9. The summed E-state index contributed by atoms with van der Waals surface area (Å²) < 4.78 is 12.3. The molecule has 0 saturated carbocycles. The first kappa shape index (κ1) is 16.8. The van der Waals surface area contributed by atoms with Gasteiger partial charge < -0.3 is 14.8 Å². The molecule has 0 fully saturated rings. The standard InChI is InChI=1S/C18H19BrN2O3/c1-3-23-16-6-12-4-11(2)24-17(12)7-13(16)9-21-18(22)14-5-15(19)10-20-8-14/h5-8,10-11H,3-4,9H2,1-2H3,(H,21,22)/t11-/m0/s1. The van der Waals surface area contributed by atoms with Crippen LogP contribution in [0.1, 0.15) is 35.3 Å². The maximum atomic E-state index is 12.3. The van der Waals surface area contributed by atoms with E-state index in [0.717, 1.165) is 33.5 Å².